The lowest BCUT2D eigenvalue weighted by atomic mass is 9.57. The van der Waals surface area contributed by atoms with Crippen molar-refractivity contribution < 1.29 is 14.3 Å². The van der Waals surface area contributed by atoms with E-state index in [1.54, 1.807) is 0 Å². The molecule has 0 aromatic heterocycles. The summed E-state index contributed by atoms with van der Waals surface area (Å²) in [6, 6.07) is 0. The highest BCUT2D eigenvalue weighted by molar-refractivity contribution is 5.85. The van der Waals surface area contributed by atoms with Crippen molar-refractivity contribution in [2.45, 2.75) is 24.8 Å². The summed E-state index contributed by atoms with van der Waals surface area (Å²) in [4.78, 5) is 11.3. The first kappa shape index (κ1) is 11.8. The largest absolute Gasteiger partial charge is 0.468 e. The highest BCUT2D eigenvalue weighted by Gasteiger charge is 2.58. The molecule has 14 heavy (non-hydrogen) atoms. The lowest BCUT2D eigenvalue weighted by Crippen LogP contribution is -2.63. The Morgan fingerprint density at radius 2 is 2.14 bits per heavy atom. The molecule has 1 heterocycles. The Hall–Kier alpha value is -0.320. The van der Waals surface area contributed by atoms with E-state index in [4.69, 9.17) is 10.5 Å². The molecule has 1 saturated heterocycles. The Morgan fingerprint density at radius 1 is 1.50 bits per heavy atom. The number of hydrogen-bond donors (Lipinski definition) is 1. The van der Waals surface area contributed by atoms with Crippen molar-refractivity contribution in [2.24, 2.45) is 11.1 Å². The van der Waals surface area contributed by atoms with Gasteiger partial charge < -0.3 is 15.2 Å². The summed E-state index contributed by atoms with van der Waals surface area (Å²) in [6.45, 7) is 1.56. The van der Waals surface area contributed by atoms with E-state index in [-0.39, 0.29) is 23.8 Å². The smallest absolute Gasteiger partial charge is 0.325 e. The van der Waals surface area contributed by atoms with E-state index in [9.17, 15) is 4.79 Å². The van der Waals surface area contributed by atoms with E-state index in [1.165, 1.54) is 7.11 Å². The lowest BCUT2D eigenvalue weighted by Gasteiger charge is -2.49. The van der Waals surface area contributed by atoms with Gasteiger partial charge in [0.15, 0.2) is 0 Å². The maximum absolute atomic E-state index is 11.3. The van der Waals surface area contributed by atoms with E-state index in [1.807, 2.05) is 0 Å². The summed E-state index contributed by atoms with van der Waals surface area (Å²) < 4.78 is 9.96. The summed E-state index contributed by atoms with van der Waals surface area (Å²) in [5, 5.41) is 0. The van der Waals surface area contributed by atoms with Gasteiger partial charge >= 0.3 is 5.97 Å². The van der Waals surface area contributed by atoms with Gasteiger partial charge in [-0.15, -0.1) is 12.4 Å². The molecular weight excluding hydrogens is 206 g/mol. The Morgan fingerprint density at radius 3 is 2.57 bits per heavy atom. The first-order valence-corrected chi connectivity index (χ1v) is 4.55. The van der Waals surface area contributed by atoms with Crippen molar-refractivity contribution in [1.82, 2.24) is 0 Å². The van der Waals surface area contributed by atoms with Gasteiger partial charge in [-0.2, -0.15) is 0 Å². The van der Waals surface area contributed by atoms with Crippen LogP contribution < -0.4 is 5.73 Å². The van der Waals surface area contributed by atoms with Crippen molar-refractivity contribution in [3.8, 4) is 0 Å². The predicted octanol–water partition coefficient (Wildman–Crippen LogP) is 0.479. The molecule has 82 valence electrons. The molecule has 2 aliphatic rings. The number of methoxy groups -OCH3 is 1. The van der Waals surface area contributed by atoms with Crippen LogP contribution in [-0.2, 0) is 14.3 Å². The van der Waals surface area contributed by atoms with Crippen molar-refractivity contribution in [1.29, 1.82) is 0 Å². The SMILES string of the molecule is COC(=O)C1(N)CC2(CCOC2)C1.Cl. The van der Waals surface area contributed by atoms with Crippen LogP contribution in [0.2, 0.25) is 0 Å². The van der Waals surface area contributed by atoms with Gasteiger partial charge in [-0.1, -0.05) is 0 Å². The summed E-state index contributed by atoms with van der Waals surface area (Å²) >= 11 is 0. The van der Waals surface area contributed by atoms with Gasteiger partial charge in [0.05, 0.1) is 13.7 Å². The highest BCUT2D eigenvalue weighted by Crippen LogP contribution is 2.52. The standard InChI is InChI=1S/C9H15NO3.ClH/c1-12-7(11)9(10)4-8(5-9)2-3-13-6-8;/h2-6,10H2,1H3;1H. The molecule has 0 aromatic carbocycles. The molecular formula is C9H16ClNO3. The number of rotatable bonds is 1. The third-order valence-electron chi connectivity index (χ3n) is 3.16. The Labute approximate surface area is 89.5 Å². The van der Waals surface area contributed by atoms with Gasteiger partial charge in [-0.25, -0.2) is 0 Å². The molecule has 0 aromatic rings. The van der Waals surface area contributed by atoms with Crippen LogP contribution >= 0.6 is 12.4 Å². The average Bonchev–Trinajstić information content (AvgIpc) is 2.50. The molecule has 0 unspecified atom stereocenters. The van der Waals surface area contributed by atoms with Crippen LogP contribution in [0, 0.1) is 5.41 Å². The van der Waals surface area contributed by atoms with Crippen LogP contribution in [0.5, 0.6) is 0 Å². The maximum Gasteiger partial charge on any atom is 0.325 e. The fourth-order valence-corrected chi connectivity index (χ4v) is 2.56. The third kappa shape index (κ3) is 1.62. The fraction of sp³-hybridized carbons (Fsp3) is 0.889. The van der Waals surface area contributed by atoms with E-state index in [0.29, 0.717) is 12.8 Å². The molecule has 1 aliphatic heterocycles. The van der Waals surface area contributed by atoms with Crippen LogP contribution in [0.1, 0.15) is 19.3 Å². The van der Waals surface area contributed by atoms with E-state index >= 15 is 0 Å². The van der Waals surface area contributed by atoms with Crippen LogP contribution in [0.3, 0.4) is 0 Å². The first-order valence-electron chi connectivity index (χ1n) is 4.55. The second kappa shape index (κ2) is 3.68. The van der Waals surface area contributed by atoms with Crippen molar-refractivity contribution >= 4 is 18.4 Å². The summed E-state index contributed by atoms with van der Waals surface area (Å²) in [5.41, 5.74) is 5.33. The number of nitrogens with two attached hydrogens (primary N) is 1. The minimum Gasteiger partial charge on any atom is -0.468 e. The fourth-order valence-electron chi connectivity index (χ4n) is 2.56. The number of ether oxygens (including phenoxy) is 2. The number of halogens is 1. The molecule has 0 amide bonds. The Balaban J connectivity index is 0.000000980. The summed E-state index contributed by atoms with van der Waals surface area (Å²) in [5.74, 6) is -0.287. The molecule has 5 heteroatoms. The molecule has 0 atom stereocenters. The zero-order chi connectivity index (χ0) is 9.53. The van der Waals surface area contributed by atoms with Crippen LogP contribution in [0.4, 0.5) is 0 Å². The van der Waals surface area contributed by atoms with Gasteiger partial charge in [0.2, 0.25) is 0 Å². The van der Waals surface area contributed by atoms with E-state index in [0.717, 1.165) is 19.6 Å². The second-order valence-corrected chi connectivity index (χ2v) is 4.30. The maximum atomic E-state index is 11.3. The molecule has 1 spiro atoms. The quantitative estimate of drug-likeness (QED) is 0.655. The number of carbonyl (C=O) groups is 1. The summed E-state index contributed by atoms with van der Waals surface area (Å²) in [6.07, 6.45) is 2.46. The molecule has 2 rings (SSSR count). The zero-order valence-corrected chi connectivity index (χ0v) is 9.06. The molecule has 2 fully saturated rings. The normalized spacial score (nSPS) is 40.1. The van der Waals surface area contributed by atoms with Crippen molar-refractivity contribution in [2.75, 3.05) is 20.3 Å². The van der Waals surface area contributed by atoms with Crippen LogP contribution in [-0.4, -0.2) is 31.8 Å². The summed E-state index contributed by atoms with van der Waals surface area (Å²) in [7, 11) is 1.38. The number of hydrogen-bond acceptors (Lipinski definition) is 4. The van der Waals surface area contributed by atoms with E-state index in [2.05, 4.69) is 4.74 Å². The minimum absolute atomic E-state index is 0. The third-order valence-corrected chi connectivity index (χ3v) is 3.16. The predicted molar refractivity (Wildman–Crippen MR) is 53.3 cm³/mol. The topological polar surface area (TPSA) is 61.5 Å². The van der Waals surface area contributed by atoms with Crippen LogP contribution in [0.15, 0.2) is 0 Å². The Kier molecular flexibility index (Phi) is 3.09. The molecule has 0 bridgehead atoms. The van der Waals surface area contributed by atoms with Gasteiger partial charge in [0, 0.05) is 12.0 Å². The van der Waals surface area contributed by atoms with Gasteiger partial charge in [0.25, 0.3) is 0 Å². The monoisotopic (exact) mass is 221 g/mol. The number of esters is 1. The molecule has 0 radical (unpaired) electrons. The average molecular weight is 222 g/mol. The Bertz CT molecular complexity index is 230. The van der Waals surface area contributed by atoms with Gasteiger partial charge in [-0.3, -0.25) is 4.79 Å². The van der Waals surface area contributed by atoms with Crippen molar-refractivity contribution in [3.05, 3.63) is 0 Å². The molecule has 2 N–H and O–H groups in total. The molecule has 1 aliphatic carbocycles. The minimum atomic E-state index is -0.734. The highest BCUT2D eigenvalue weighted by atomic mass is 35.5. The van der Waals surface area contributed by atoms with Crippen LogP contribution in [0.25, 0.3) is 0 Å². The lowest BCUT2D eigenvalue weighted by molar-refractivity contribution is -0.157. The number of carbonyl (C=O) groups excluding carboxylic acids is 1. The van der Waals surface area contributed by atoms with Crippen molar-refractivity contribution in [3.63, 3.8) is 0 Å². The first-order chi connectivity index (χ1) is 6.10. The molecule has 4 nitrogen and oxygen atoms in total. The second-order valence-electron chi connectivity index (χ2n) is 4.30. The molecule has 1 saturated carbocycles. The zero-order valence-electron chi connectivity index (χ0n) is 8.25. The van der Waals surface area contributed by atoms with Gasteiger partial charge in [-0.05, 0) is 19.3 Å². The van der Waals surface area contributed by atoms with E-state index < -0.39 is 5.54 Å². The van der Waals surface area contributed by atoms with Gasteiger partial charge in [0.1, 0.15) is 5.54 Å².